The molecule has 2 aromatic rings. The minimum Gasteiger partial charge on any atom is -0.0984 e. The van der Waals surface area contributed by atoms with Crippen LogP contribution in [0.3, 0.4) is 0 Å². The van der Waals surface area contributed by atoms with E-state index >= 15 is 0 Å². The molecule has 0 bridgehead atoms. The van der Waals surface area contributed by atoms with Crippen LogP contribution in [-0.4, -0.2) is 0 Å². The van der Waals surface area contributed by atoms with Crippen molar-refractivity contribution in [3.05, 3.63) is 87.3 Å². The lowest BCUT2D eigenvalue weighted by Crippen LogP contribution is -1.95. The summed E-state index contributed by atoms with van der Waals surface area (Å²) in [6, 6.07) is 11.2. The van der Waals surface area contributed by atoms with Crippen molar-refractivity contribution in [3.8, 4) is 0 Å². The second-order valence-electron chi connectivity index (χ2n) is 6.47. The maximum Gasteiger partial charge on any atom is 0.0116 e. The molecule has 2 aromatic carbocycles. The third-order valence-corrected chi connectivity index (χ3v) is 5.52. The molecule has 0 heterocycles. The topological polar surface area (TPSA) is 0 Å². The minimum atomic E-state index is 0.984. The Morgan fingerprint density at radius 2 is 1.54 bits per heavy atom. The van der Waals surface area contributed by atoms with Gasteiger partial charge in [0.15, 0.2) is 0 Å². The van der Waals surface area contributed by atoms with Crippen molar-refractivity contribution in [1.29, 1.82) is 0 Å². The third kappa shape index (κ3) is 4.64. The van der Waals surface area contributed by atoms with Crippen molar-refractivity contribution < 1.29 is 0 Å². The molecule has 0 nitrogen and oxygen atoms in total. The molecular formula is C23H28S. The molecule has 0 fully saturated rings. The first-order valence-electron chi connectivity index (χ1n) is 8.59. The number of hydrogen-bond acceptors (Lipinski definition) is 1. The molecule has 1 heteroatoms. The SMILES string of the molecule is C=C(S/C=C/Cc1cc(C)c(C)cc1CC)c1ccc(C)c(C)c1. The van der Waals surface area contributed by atoms with Crippen LogP contribution in [-0.2, 0) is 12.8 Å². The van der Waals surface area contributed by atoms with Crippen LogP contribution in [0.5, 0.6) is 0 Å². The van der Waals surface area contributed by atoms with E-state index in [-0.39, 0.29) is 0 Å². The fraction of sp³-hybridized carbons (Fsp3) is 0.304. The smallest absolute Gasteiger partial charge is 0.0116 e. The lowest BCUT2D eigenvalue weighted by atomic mass is 9.96. The first-order chi connectivity index (χ1) is 11.4. The molecule has 126 valence electrons. The summed E-state index contributed by atoms with van der Waals surface area (Å²) in [6.45, 7) is 15.1. The molecule has 0 spiro atoms. The Morgan fingerprint density at radius 1 is 0.917 bits per heavy atom. The van der Waals surface area contributed by atoms with Crippen LogP contribution in [0.15, 0.2) is 48.4 Å². The maximum atomic E-state index is 4.21. The second kappa shape index (κ2) is 8.39. The van der Waals surface area contributed by atoms with Gasteiger partial charge in [0.05, 0.1) is 0 Å². The summed E-state index contributed by atoms with van der Waals surface area (Å²) in [5.74, 6) is 0. The monoisotopic (exact) mass is 336 g/mol. The molecular weight excluding hydrogens is 308 g/mol. The molecule has 0 saturated heterocycles. The van der Waals surface area contributed by atoms with Crippen LogP contribution >= 0.6 is 11.8 Å². The lowest BCUT2D eigenvalue weighted by Gasteiger charge is -2.10. The Morgan fingerprint density at radius 3 is 2.17 bits per heavy atom. The van der Waals surface area contributed by atoms with Gasteiger partial charge in [-0.3, -0.25) is 0 Å². The maximum absolute atomic E-state index is 4.21. The molecule has 0 aliphatic rings. The summed E-state index contributed by atoms with van der Waals surface area (Å²) >= 11 is 1.71. The lowest BCUT2D eigenvalue weighted by molar-refractivity contribution is 1.06. The van der Waals surface area contributed by atoms with Gasteiger partial charge in [0.1, 0.15) is 0 Å². The molecule has 24 heavy (non-hydrogen) atoms. The van der Waals surface area contributed by atoms with Gasteiger partial charge in [0.2, 0.25) is 0 Å². The van der Waals surface area contributed by atoms with Crippen molar-refractivity contribution in [2.75, 3.05) is 0 Å². The Labute approximate surface area is 151 Å². The van der Waals surface area contributed by atoms with Crippen molar-refractivity contribution in [3.63, 3.8) is 0 Å². The molecule has 0 aromatic heterocycles. The van der Waals surface area contributed by atoms with Gasteiger partial charge < -0.3 is 0 Å². The highest BCUT2D eigenvalue weighted by atomic mass is 32.2. The van der Waals surface area contributed by atoms with Gasteiger partial charge in [-0.15, -0.1) is 0 Å². The van der Waals surface area contributed by atoms with Crippen LogP contribution in [0.4, 0.5) is 0 Å². The molecule has 0 aliphatic carbocycles. The van der Waals surface area contributed by atoms with Crippen LogP contribution < -0.4 is 0 Å². The standard InChI is InChI=1S/C23H28S/c1-7-21-13-18(4)19(5)15-23(21)9-8-12-24-20(6)22-11-10-16(2)17(3)14-22/h8,10-15H,6-7,9H2,1-5H3/b12-8+. The largest absolute Gasteiger partial charge is 0.0984 e. The van der Waals surface area contributed by atoms with Crippen LogP contribution in [0.1, 0.15) is 45.9 Å². The number of rotatable bonds is 6. The van der Waals surface area contributed by atoms with Gasteiger partial charge in [-0.05, 0) is 84.9 Å². The van der Waals surface area contributed by atoms with E-state index in [1.165, 1.54) is 38.9 Å². The second-order valence-corrected chi connectivity index (χ2v) is 7.48. The normalized spacial score (nSPS) is 11.2. The molecule has 2 rings (SSSR count). The Hall–Kier alpha value is -1.73. The fourth-order valence-corrected chi connectivity index (χ4v) is 3.36. The minimum absolute atomic E-state index is 0.984. The van der Waals surface area contributed by atoms with Gasteiger partial charge in [-0.1, -0.05) is 61.7 Å². The van der Waals surface area contributed by atoms with E-state index in [9.17, 15) is 0 Å². The quantitative estimate of drug-likeness (QED) is 0.550. The highest BCUT2D eigenvalue weighted by Gasteiger charge is 2.03. The van der Waals surface area contributed by atoms with Crippen LogP contribution in [0.25, 0.3) is 4.91 Å². The van der Waals surface area contributed by atoms with Crippen molar-refractivity contribution in [2.24, 2.45) is 0 Å². The van der Waals surface area contributed by atoms with Gasteiger partial charge in [0.25, 0.3) is 0 Å². The number of thioether (sulfide) groups is 1. The molecule has 0 N–H and O–H groups in total. The molecule has 0 aliphatic heterocycles. The van der Waals surface area contributed by atoms with Gasteiger partial charge in [0, 0.05) is 4.91 Å². The molecule has 0 amide bonds. The summed E-state index contributed by atoms with van der Waals surface area (Å²) in [6.07, 6.45) is 4.32. The van der Waals surface area contributed by atoms with E-state index in [1.54, 1.807) is 11.8 Å². The van der Waals surface area contributed by atoms with E-state index < -0.39 is 0 Å². The van der Waals surface area contributed by atoms with E-state index in [1.807, 2.05) is 0 Å². The van der Waals surface area contributed by atoms with Crippen LogP contribution in [0, 0.1) is 27.7 Å². The first kappa shape index (κ1) is 18.6. The molecule has 0 radical (unpaired) electrons. The number of benzene rings is 2. The highest BCUT2D eigenvalue weighted by Crippen LogP contribution is 2.28. The number of aryl methyl sites for hydroxylation is 5. The van der Waals surface area contributed by atoms with Gasteiger partial charge in [-0.2, -0.15) is 0 Å². The summed E-state index contributed by atoms with van der Waals surface area (Å²) in [7, 11) is 0. The molecule has 0 unspecified atom stereocenters. The van der Waals surface area contributed by atoms with E-state index in [4.69, 9.17) is 0 Å². The average molecular weight is 337 g/mol. The zero-order valence-corrected chi connectivity index (χ0v) is 16.4. The summed E-state index contributed by atoms with van der Waals surface area (Å²) < 4.78 is 0. The fourth-order valence-electron chi connectivity index (χ4n) is 2.74. The zero-order valence-electron chi connectivity index (χ0n) is 15.6. The predicted molar refractivity (Wildman–Crippen MR) is 111 cm³/mol. The zero-order chi connectivity index (χ0) is 17.7. The number of allylic oxidation sites excluding steroid dienone is 1. The summed E-state index contributed by atoms with van der Waals surface area (Å²) in [4.78, 5) is 1.10. The third-order valence-electron chi connectivity index (χ3n) is 4.67. The summed E-state index contributed by atoms with van der Waals surface area (Å²) in [5, 5.41) is 2.17. The molecule has 0 saturated carbocycles. The predicted octanol–water partition coefficient (Wildman–Crippen LogP) is 6.94. The number of hydrogen-bond donors (Lipinski definition) is 0. The molecule has 0 atom stereocenters. The van der Waals surface area contributed by atoms with Gasteiger partial charge in [-0.25, -0.2) is 0 Å². The Bertz CT molecular complexity index is 766. The van der Waals surface area contributed by atoms with E-state index in [0.29, 0.717) is 0 Å². The van der Waals surface area contributed by atoms with Crippen LogP contribution in [0.2, 0.25) is 0 Å². The highest BCUT2D eigenvalue weighted by molar-refractivity contribution is 8.10. The first-order valence-corrected chi connectivity index (χ1v) is 9.47. The van der Waals surface area contributed by atoms with Crippen molar-refractivity contribution >= 4 is 16.7 Å². The van der Waals surface area contributed by atoms with Gasteiger partial charge >= 0.3 is 0 Å². The Kier molecular flexibility index (Phi) is 6.51. The van der Waals surface area contributed by atoms with E-state index in [2.05, 4.69) is 83.0 Å². The average Bonchev–Trinajstić information content (AvgIpc) is 2.56. The Balaban J connectivity index is 2.01. The van der Waals surface area contributed by atoms with Crippen molar-refractivity contribution in [2.45, 2.75) is 47.5 Å². The van der Waals surface area contributed by atoms with E-state index in [0.717, 1.165) is 17.7 Å². The summed E-state index contributed by atoms with van der Waals surface area (Å²) in [5.41, 5.74) is 9.53. The van der Waals surface area contributed by atoms with Crippen molar-refractivity contribution in [1.82, 2.24) is 0 Å².